The topological polar surface area (TPSA) is 6.25 Å². The zero-order valence-corrected chi connectivity index (χ0v) is 29.7. The van der Waals surface area contributed by atoms with Crippen LogP contribution in [0, 0.1) is 7.14 Å². The molecule has 4 heteroatoms. The summed E-state index contributed by atoms with van der Waals surface area (Å²) in [5, 5.41) is 2.54. The smallest absolute Gasteiger partial charge is 0.199 e. The molecule has 0 aromatic heterocycles. The van der Waals surface area contributed by atoms with E-state index in [-0.39, 0.29) is 5.92 Å². The average molecular weight is 798 g/mol. The van der Waals surface area contributed by atoms with Crippen LogP contribution in [0.1, 0.15) is 33.7 Å². The summed E-state index contributed by atoms with van der Waals surface area (Å²) in [6, 6.07) is 40.6. The van der Waals surface area contributed by atoms with Gasteiger partial charge in [-0.05, 0) is 143 Å². The van der Waals surface area contributed by atoms with Gasteiger partial charge in [-0.15, -0.1) is 0 Å². The lowest BCUT2D eigenvalue weighted by Crippen LogP contribution is -2.10. The van der Waals surface area contributed by atoms with E-state index < -0.39 is 0 Å². The fourth-order valence-electron chi connectivity index (χ4n) is 6.01. The van der Waals surface area contributed by atoms with E-state index in [2.05, 4.69) is 216 Å². The van der Waals surface area contributed by atoms with Crippen LogP contribution in [0.3, 0.4) is 0 Å². The first kappa shape index (κ1) is 30.5. The standard InChI is InChI=1S/C40H35I2N2/c1-43(2)34-23-15-30(16-24-34)39(31-17-25-35(26-18-31)44(3)4)37-10-6-8-27-7-5-9-36(40(27)37)38(28-11-19-32(41)20-12-28)29-13-21-33(42)22-14-29/h5-26,38H,1-4H3/q+1. The lowest BCUT2D eigenvalue weighted by molar-refractivity contribution is -0.462. The lowest BCUT2D eigenvalue weighted by atomic mass is 9.79. The Bertz CT molecular complexity index is 1870. The first-order valence-electron chi connectivity index (χ1n) is 14.8. The highest BCUT2D eigenvalue weighted by molar-refractivity contribution is 14.1. The lowest BCUT2D eigenvalue weighted by Gasteiger charge is -2.24. The predicted octanol–water partition coefficient (Wildman–Crippen LogP) is 9.94. The van der Waals surface area contributed by atoms with Crippen molar-refractivity contribution >= 4 is 72.9 Å². The molecule has 0 unspecified atom stereocenters. The SMILES string of the molecule is CN(C)c1ccc(C(=C2C=CC(=[N+](C)C)C=C2)c2cccc3cccc(C(c4ccc(I)cc4)c4ccc(I)cc4)c23)cc1. The Labute approximate surface area is 288 Å². The Hall–Kier alpha value is -3.49. The molecule has 1 aliphatic rings. The summed E-state index contributed by atoms with van der Waals surface area (Å²) in [5.74, 6) is 0.0855. The molecule has 0 N–H and O–H groups in total. The summed E-state index contributed by atoms with van der Waals surface area (Å²) >= 11 is 4.79. The summed E-state index contributed by atoms with van der Waals surface area (Å²) in [7, 11) is 8.36. The van der Waals surface area contributed by atoms with Crippen molar-refractivity contribution < 1.29 is 4.58 Å². The van der Waals surface area contributed by atoms with Gasteiger partial charge in [-0.3, -0.25) is 0 Å². The molecule has 1 aliphatic carbocycles. The Morgan fingerprint density at radius 1 is 0.636 bits per heavy atom. The first-order chi connectivity index (χ1) is 21.3. The van der Waals surface area contributed by atoms with Crippen LogP contribution in [-0.2, 0) is 0 Å². The summed E-state index contributed by atoms with van der Waals surface area (Å²) in [6.45, 7) is 0. The zero-order chi connectivity index (χ0) is 30.8. The van der Waals surface area contributed by atoms with E-state index in [1.165, 1.54) is 68.3 Å². The van der Waals surface area contributed by atoms with Gasteiger partial charge in [0.15, 0.2) is 5.71 Å². The van der Waals surface area contributed by atoms with Crippen molar-refractivity contribution in [2.45, 2.75) is 5.92 Å². The van der Waals surface area contributed by atoms with Gasteiger partial charge in [0.25, 0.3) is 0 Å². The molecule has 218 valence electrons. The van der Waals surface area contributed by atoms with Gasteiger partial charge in [-0.25, -0.2) is 4.58 Å². The molecule has 0 spiro atoms. The fraction of sp³-hybridized carbons (Fsp3) is 0.125. The van der Waals surface area contributed by atoms with Crippen molar-refractivity contribution in [3.05, 3.63) is 174 Å². The van der Waals surface area contributed by atoms with Crippen molar-refractivity contribution in [3.8, 4) is 0 Å². The van der Waals surface area contributed by atoms with Gasteiger partial charge >= 0.3 is 0 Å². The maximum Gasteiger partial charge on any atom is 0.199 e. The number of hydrogen-bond acceptors (Lipinski definition) is 1. The monoisotopic (exact) mass is 797 g/mol. The van der Waals surface area contributed by atoms with Crippen LogP contribution in [-0.4, -0.2) is 38.5 Å². The molecule has 6 rings (SSSR count). The third-order valence-corrected chi connectivity index (χ3v) is 9.71. The molecule has 0 saturated heterocycles. The molecule has 5 aromatic carbocycles. The van der Waals surface area contributed by atoms with Gasteiger partial charge in [0, 0.05) is 45.0 Å². The third-order valence-electron chi connectivity index (χ3n) is 8.27. The number of allylic oxidation sites excluding steroid dienone is 5. The largest absolute Gasteiger partial charge is 0.378 e. The van der Waals surface area contributed by atoms with Crippen molar-refractivity contribution in [1.82, 2.24) is 0 Å². The molecule has 0 bridgehead atoms. The van der Waals surface area contributed by atoms with E-state index in [9.17, 15) is 0 Å². The normalized spacial score (nSPS) is 12.7. The molecule has 2 nitrogen and oxygen atoms in total. The second kappa shape index (κ2) is 13.2. The number of fused-ring (bicyclic) bond motifs is 1. The van der Waals surface area contributed by atoms with Crippen molar-refractivity contribution in [2.75, 3.05) is 33.1 Å². The summed E-state index contributed by atoms with van der Waals surface area (Å²) in [4.78, 5) is 2.15. The van der Waals surface area contributed by atoms with E-state index in [0.29, 0.717) is 0 Å². The van der Waals surface area contributed by atoms with Gasteiger partial charge in [-0.2, -0.15) is 0 Å². The molecular weight excluding hydrogens is 762 g/mol. The Balaban J connectivity index is 1.66. The molecule has 0 saturated carbocycles. The Morgan fingerprint density at radius 2 is 1.18 bits per heavy atom. The molecule has 0 fully saturated rings. The Kier molecular flexibility index (Phi) is 9.19. The quantitative estimate of drug-likeness (QED) is 0.0943. The molecule has 5 aromatic rings. The summed E-state index contributed by atoms with van der Waals surface area (Å²) < 4.78 is 4.63. The van der Waals surface area contributed by atoms with Crippen molar-refractivity contribution in [2.24, 2.45) is 0 Å². The molecular formula is C40H35I2N2+. The van der Waals surface area contributed by atoms with Crippen LogP contribution >= 0.6 is 45.2 Å². The van der Waals surface area contributed by atoms with Crippen LogP contribution in [0.4, 0.5) is 5.69 Å². The van der Waals surface area contributed by atoms with Crippen LogP contribution in [0.5, 0.6) is 0 Å². The van der Waals surface area contributed by atoms with Gasteiger partial charge in [0.1, 0.15) is 14.1 Å². The van der Waals surface area contributed by atoms with E-state index >= 15 is 0 Å². The second-order valence-electron chi connectivity index (χ2n) is 11.5. The number of benzene rings is 5. The minimum absolute atomic E-state index is 0.0855. The number of nitrogens with zero attached hydrogens (tertiary/aromatic N) is 2. The number of hydrogen-bond donors (Lipinski definition) is 0. The fourth-order valence-corrected chi connectivity index (χ4v) is 6.73. The van der Waals surface area contributed by atoms with Crippen LogP contribution in [0.15, 0.2) is 139 Å². The van der Waals surface area contributed by atoms with E-state index in [1.807, 2.05) is 0 Å². The highest BCUT2D eigenvalue weighted by atomic mass is 127. The van der Waals surface area contributed by atoms with Crippen molar-refractivity contribution in [1.29, 1.82) is 0 Å². The van der Waals surface area contributed by atoms with Crippen LogP contribution in [0.25, 0.3) is 16.3 Å². The Morgan fingerprint density at radius 3 is 1.70 bits per heavy atom. The molecule has 0 amide bonds. The highest BCUT2D eigenvalue weighted by Gasteiger charge is 2.23. The maximum absolute atomic E-state index is 2.40. The van der Waals surface area contributed by atoms with E-state index in [0.717, 1.165) is 0 Å². The van der Waals surface area contributed by atoms with Gasteiger partial charge < -0.3 is 4.90 Å². The van der Waals surface area contributed by atoms with Crippen LogP contribution in [0.2, 0.25) is 0 Å². The number of anilines is 1. The van der Waals surface area contributed by atoms with Gasteiger partial charge in [-0.1, -0.05) is 72.8 Å². The maximum atomic E-state index is 2.40. The predicted molar refractivity (Wildman–Crippen MR) is 205 cm³/mol. The third kappa shape index (κ3) is 6.33. The van der Waals surface area contributed by atoms with Gasteiger partial charge in [0.05, 0.1) is 0 Å². The number of rotatable bonds is 6. The summed E-state index contributed by atoms with van der Waals surface area (Å²) in [6.07, 6.45) is 8.97. The minimum atomic E-state index is 0.0855. The molecule has 0 radical (unpaired) electrons. The second-order valence-corrected chi connectivity index (χ2v) is 14.0. The summed E-state index contributed by atoms with van der Waals surface area (Å²) in [5.41, 5.74) is 11.2. The molecule has 44 heavy (non-hydrogen) atoms. The molecule has 0 atom stereocenters. The molecule has 0 aliphatic heterocycles. The highest BCUT2D eigenvalue weighted by Crippen LogP contribution is 2.42. The zero-order valence-electron chi connectivity index (χ0n) is 25.4. The minimum Gasteiger partial charge on any atom is -0.378 e. The average Bonchev–Trinajstić information content (AvgIpc) is 3.04. The first-order valence-corrected chi connectivity index (χ1v) is 16.9. The van der Waals surface area contributed by atoms with Crippen LogP contribution < -0.4 is 4.90 Å². The number of halogens is 2. The van der Waals surface area contributed by atoms with E-state index in [1.54, 1.807) is 0 Å². The van der Waals surface area contributed by atoms with Crippen molar-refractivity contribution in [3.63, 3.8) is 0 Å². The van der Waals surface area contributed by atoms with Gasteiger partial charge in [0.2, 0.25) is 0 Å². The molecule has 0 heterocycles. The van der Waals surface area contributed by atoms with E-state index in [4.69, 9.17) is 0 Å².